The van der Waals surface area contributed by atoms with Crippen molar-refractivity contribution in [3.05, 3.63) is 84.9 Å². The second-order valence-corrected chi connectivity index (χ2v) is 7.57. The van der Waals surface area contributed by atoms with Crippen LogP contribution >= 0.6 is 0 Å². The molecule has 0 unspecified atom stereocenters. The molecular formula is C26H14F6O2. The number of rotatable bonds is 3. The minimum atomic E-state index is -4.90. The Kier molecular flexibility index (Phi) is 5.04. The molecule has 0 heterocycles. The Hall–Kier alpha value is -3.94. The molecule has 0 radical (unpaired) electrons. The molecule has 0 saturated heterocycles. The van der Waals surface area contributed by atoms with E-state index >= 15 is 0 Å². The van der Waals surface area contributed by atoms with Crippen LogP contribution in [-0.2, 0) is 0 Å². The van der Waals surface area contributed by atoms with Gasteiger partial charge in [-0.05, 0) is 50.9 Å². The lowest BCUT2D eigenvalue weighted by atomic mass is 9.89. The van der Waals surface area contributed by atoms with Crippen LogP contribution in [0.2, 0.25) is 0 Å². The first-order valence-electron chi connectivity index (χ1n) is 10.1. The van der Waals surface area contributed by atoms with Crippen molar-refractivity contribution in [3.63, 3.8) is 0 Å². The second kappa shape index (κ2) is 7.83. The van der Waals surface area contributed by atoms with E-state index in [-0.39, 0.29) is 11.1 Å². The highest BCUT2D eigenvalue weighted by molar-refractivity contribution is 6.29. The normalized spacial score (nSPS) is 12.4. The van der Waals surface area contributed by atoms with E-state index in [2.05, 4.69) is 9.47 Å². The van der Waals surface area contributed by atoms with Crippen molar-refractivity contribution >= 4 is 32.3 Å². The molecule has 0 aliphatic heterocycles. The molecule has 0 aliphatic carbocycles. The van der Waals surface area contributed by atoms with Crippen LogP contribution in [0.1, 0.15) is 0 Å². The van der Waals surface area contributed by atoms with E-state index in [4.69, 9.17) is 0 Å². The fourth-order valence-corrected chi connectivity index (χ4v) is 4.29. The lowest BCUT2D eigenvalue weighted by molar-refractivity contribution is -0.275. The van der Waals surface area contributed by atoms with Gasteiger partial charge in [0.2, 0.25) is 0 Å². The Morgan fingerprint density at radius 1 is 0.471 bits per heavy atom. The lowest BCUT2D eigenvalue weighted by Gasteiger charge is -2.18. The first-order valence-corrected chi connectivity index (χ1v) is 10.1. The Labute approximate surface area is 188 Å². The van der Waals surface area contributed by atoms with Crippen LogP contribution in [0.3, 0.4) is 0 Å². The summed E-state index contributed by atoms with van der Waals surface area (Å²) >= 11 is 0. The Morgan fingerprint density at radius 3 is 1.50 bits per heavy atom. The average Bonchev–Trinajstić information content (AvgIpc) is 2.78. The largest absolute Gasteiger partial charge is 0.573 e. The van der Waals surface area contributed by atoms with Crippen LogP contribution in [0.25, 0.3) is 43.4 Å². The van der Waals surface area contributed by atoms with Crippen molar-refractivity contribution in [1.29, 1.82) is 0 Å². The third kappa shape index (κ3) is 4.07. The maximum absolute atomic E-state index is 13.3. The van der Waals surface area contributed by atoms with E-state index in [9.17, 15) is 26.3 Å². The number of hydrogen-bond acceptors (Lipinski definition) is 2. The third-order valence-electron chi connectivity index (χ3n) is 5.47. The van der Waals surface area contributed by atoms with Gasteiger partial charge in [0, 0.05) is 10.8 Å². The first kappa shape index (κ1) is 21.9. The Morgan fingerprint density at radius 2 is 0.971 bits per heavy atom. The zero-order valence-corrected chi connectivity index (χ0v) is 17.2. The molecule has 0 amide bonds. The van der Waals surface area contributed by atoms with Crippen LogP contribution in [0.4, 0.5) is 26.3 Å². The van der Waals surface area contributed by atoms with Crippen LogP contribution in [-0.4, -0.2) is 12.7 Å². The van der Waals surface area contributed by atoms with Gasteiger partial charge in [0.25, 0.3) is 0 Å². The molecular weight excluding hydrogens is 458 g/mol. The molecule has 0 fully saturated rings. The maximum Gasteiger partial charge on any atom is 0.573 e. The highest BCUT2D eigenvalue weighted by Gasteiger charge is 2.33. The monoisotopic (exact) mass is 472 g/mol. The summed E-state index contributed by atoms with van der Waals surface area (Å²) in [4.78, 5) is 0. The molecule has 0 bridgehead atoms. The average molecular weight is 472 g/mol. The Balaban J connectivity index is 1.85. The van der Waals surface area contributed by atoms with E-state index in [1.165, 1.54) is 24.3 Å². The summed E-state index contributed by atoms with van der Waals surface area (Å²) in [5, 5.41) is 3.60. The van der Waals surface area contributed by atoms with Gasteiger partial charge in [0.1, 0.15) is 11.5 Å². The molecule has 0 saturated carbocycles. The fraction of sp³-hybridized carbons (Fsp3) is 0.0769. The highest BCUT2D eigenvalue weighted by Crippen LogP contribution is 2.45. The number of ether oxygens (including phenoxy) is 2. The molecule has 5 aromatic carbocycles. The standard InChI is InChI=1S/C26H14F6O2/c27-25(28,29)33-16-11-9-15(10-12-16)17-13-14-22(34-26(30,31)32)24-21-8-4-2-6-19(21)18-5-1-3-7-20(18)23(17)24/h1-14H. The summed E-state index contributed by atoms with van der Waals surface area (Å²) < 4.78 is 85.7. The van der Waals surface area contributed by atoms with E-state index in [1.54, 1.807) is 30.3 Å². The van der Waals surface area contributed by atoms with Gasteiger partial charge in [-0.25, -0.2) is 0 Å². The predicted octanol–water partition coefficient (Wildman–Crippen LogP) is 8.61. The molecule has 0 aliphatic rings. The summed E-state index contributed by atoms with van der Waals surface area (Å²) in [5.74, 6) is -0.752. The number of benzene rings is 5. The van der Waals surface area contributed by atoms with Crippen LogP contribution in [0.5, 0.6) is 11.5 Å². The third-order valence-corrected chi connectivity index (χ3v) is 5.47. The molecule has 5 aromatic rings. The molecule has 0 aromatic heterocycles. The molecule has 34 heavy (non-hydrogen) atoms. The molecule has 0 atom stereocenters. The number of halogens is 6. The highest BCUT2D eigenvalue weighted by atomic mass is 19.4. The van der Waals surface area contributed by atoms with Gasteiger partial charge in [-0.1, -0.05) is 66.7 Å². The predicted molar refractivity (Wildman–Crippen MR) is 118 cm³/mol. The molecule has 2 nitrogen and oxygen atoms in total. The fourth-order valence-electron chi connectivity index (χ4n) is 4.29. The van der Waals surface area contributed by atoms with Crippen molar-refractivity contribution in [2.75, 3.05) is 0 Å². The summed E-state index contributed by atoms with van der Waals surface area (Å²) in [6, 6.07) is 22.3. The molecule has 5 rings (SSSR count). The van der Waals surface area contributed by atoms with Crippen molar-refractivity contribution in [3.8, 4) is 22.6 Å². The zero-order chi connectivity index (χ0) is 24.1. The number of fused-ring (bicyclic) bond motifs is 6. The smallest absolute Gasteiger partial charge is 0.406 e. The first-order chi connectivity index (χ1) is 16.1. The van der Waals surface area contributed by atoms with Gasteiger partial charge in [-0.15, -0.1) is 26.3 Å². The minimum Gasteiger partial charge on any atom is -0.406 e. The number of alkyl halides is 6. The quantitative estimate of drug-likeness (QED) is 0.193. The van der Waals surface area contributed by atoms with Crippen LogP contribution < -0.4 is 9.47 Å². The van der Waals surface area contributed by atoms with E-state index in [0.717, 1.165) is 22.9 Å². The maximum atomic E-state index is 13.3. The summed E-state index contributed by atoms with van der Waals surface area (Å²) in [5.41, 5.74) is 1.06. The van der Waals surface area contributed by atoms with Gasteiger partial charge in [0.15, 0.2) is 0 Å². The summed E-state index contributed by atoms with van der Waals surface area (Å²) in [6.07, 6.45) is -9.74. The topological polar surface area (TPSA) is 18.5 Å². The molecule has 172 valence electrons. The van der Waals surface area contributed by atoms with Gasteiger partial charge in [-0.3, -0.25) is 0 Å². The molecule has 0 spiro atoms. The van der Waals surface area contributed by atoms with E-state index in [1.807, 2.05) is 18.2 Å². The summed E-state index contributed by atoms with van der Waals surface area (Å²) in [6.45, 7) is 0. The van der Waals surface area contributed by atoms with Crippen molar-refractivity contribution in [2.24, 2.45) is 0 Å². The Bertz CT molecular complexity index is 1520. The van der Waals surface area contributed by atoms with Crippen molar-refractivity contribution in [2.45, 2.75) is 12.7 Å². The van der Waals surface area contributed by atoms with Crippen LogP contribution in [0.15, 0.2) is 84.9 Å². The molecule has 0 N–H and O–H groups in total. The lowest BCUT2D eigenvalue weighted by Crippen LogP contribution is -2.17. The zero-order valence-electron chi connectivity index (χ0n) is 17.2. The summed E-state index contributed by atoms with van der Waals surface area (Å²) in [7, 11) is 0. The van der Waals surface area contributed by atoms with Crippen molar-refractivity contribution in [1.82, 2.24) is 0 Å². The second-order valence-electron chi connectivity index (χ2n) is 7.57. The SMILES string of the molecule is FC(F)(F)Oc1ccc(-c2ccc(OC(F)(F)F)c3c4ccccc4c4ccccc4c23)cc1. The van der Waals surface area contributed by atoms with Crippen LogP contribution in [0, 0.1) is 0 Å². The van der Waals surface area contributed by atoms with Gasteiger partial charge in [-0.2, -0.15) is 0 Å². The van der Waals surface area contributed by atoms with Gasteiger partial charge < -0.3 is 9.47 Å². The van der Waals surface area contributed by atoms with Gasteiger partial charge in [0.05, 0.1) is 0 Å². The minimum absolute atomic E-state index is 0.264. The van der Waals surface area contributed by atoms with E-state index in [0.29, 0.717) is 27.3 Å². The number of hydrogen-bond donors (Lipinski definition) is 0. The van der Waals surface area contributed by atoms with Gasteiger partial charge >= 0.3 is 12.7 Å². The van der Waals surface area contributed by atoms with Crippen molar-refractivity contribution < 1.29 is 35.8 Å². The molecule has 8 heteroatoms. The van der Waals surface area contributed by atoms with E-state index < -0.39 is 18.5 Å².